The molecule has 1 N–H and O–H groups in total. The van der Waals surface area contributed by atoms with Crippen molar-refractivity contribution in [3.8, 4) is 0 Å². The van der Waals surface area contributed by atoms with Crippen molar-refractivity contribution in [1.82, 2.24) is 5.06 Å². The van der Waals surface area contributed by atoms with Crippen molar-refractivity contribution in [2.75, 3.05) is 13.2 Å². The van der Waals surface area contributed by atoms with Crippen LogP contribution >= 0.6 is 0 Å². The second kappa shape index (κ2) is 16.3. The molecule has 178 valence electrons. The van der Waals surface area contributed by atoms with E-state index in [1.807, 2.05) is 38.2 Å². The number of ketones is 1. The zero-order valence-corrected chi connectivity index (χ0v) is 19.7. The molecule has 3 atom stereocenters. The highest BCUT2D eigenvalue weighted by Gasteiger charge is 2.23. The lowest BCUT2D eigenvalue weighted by Gasteiger charge is -2.24. The lowest BCUT2D eigenvalue weighted by Crippen LogP contribution is -2.34. The molecule has 1 heterocycles. The van der Waals surface area contributed by atoms with Crippen molar-refractivity contribution in [2.45, 2.75) is 71.8 Å². The molecule has 1 aliphatic heterocycles. The van der Waals surface area contributed by atoms with Crippen molar-refractivity contribution >= 4 is 18.0 Å². The van der Waals surface area contributed by atoms with Crippen molar-refractivity contribution in [2.24, 2.45) is 11.8 Å². The summed E-state index contributed by atoms with van der Waals surface area (Å²) in [7, 11) is 0. The number of hydrogen-bond donors (Lipinski definition) is 1. The molecule has 0 bridgehead atoms. The monoisotopic (exact) mass is 445 g/mol. The van der Waals surface area contributed by atoms with Crippen molar-refractivity contribution < 1.29 is 24.3 Å². The van der Waals surface area contributed by atoms with Crippen molar-refractivity contribution in [3.63, 3.8) is 0 Å². The predicted molar refractivity (Wildman–Crippen MR) is 127 cm³/mol. The Morgan fingerprint density at radius 1 is 1.09 bits per heavy atom. The highest BCUT2D eigenvalue weighted by Crippen LogP contribution is 2.20. The van der Waals surface area contributed by atoms with E-state index in [2.05, 4.69) is 6.08 Å². The van der Waals surface area contributed by atoms with Gasteiger partial charge in [0.15, 0.2) is 0 Å². The minimum atomic E-state index is -0.741. The Morgan fingerprint density at radius 3 is 2.50 bits per heavy atom. The SMILES string of the molecule is CC(=O)CC[C@@H](C=O)C(O)C(C)C/C=C/C=C/CC/C(C)=C/C=C/C(=O)N1CCCCO1. The van der Waals surface area contributed by atoms with Crippen LogP contribution in [0.25, 0.3) is 0 Å². The molecule has 1 fully saturated rings. The Balaban J connectivity index is 2.28. The number of carbonyl (C=O) groups excluding carboxylic acids is 3. The molecule has 2 unspecified atom stereocenters. The summed E-state index contributed by atoms with van der Waals surface area (Å²) in [5.41, 5.74) is 1.18. The van der Waals surface area contributed by atoms with E-state index in [4.69, 9.17) is 4.84 Å². The van der Waals surface area contributed by atoms with Gasteiger partial charge in [-0.3, -0.25) is 9.63 Å². The Morgan fingerprint density at radius 2 is 1.84 bits per heavy atom. The maximum absolute atomic E-state index is 12.0. The van der Waals surface area contributed by atoms with Crippen LogP contribution in [-0.2, 0) is 19.2 Å². The van der Waals surface area contributed by atoms with E-state index >= 15 is 0 Å². The van der Waals surface area contributed by atoms with Crippen LogP contribution in [0.4, 0.5) is 0 Å². The van der Waals surface area contributed by atoms with Crippen LogP contribution in [0.3, 0.4) is 0 Å². The number of aliphatic hydroxyl groups excluding tert-OH is 1. The molecule has 1 aliphatic rings. The Kier molecular flexibility index (Phi) is 14.2. The Labute approximate surface area is 192 Å². The molecule has 6 nitrogen and oxygen atoms in total. The van der Waals surface area contributed by atoms with Gasteiger partial charge in [0.05, 0.1) is 12.7 Å². The number of amides is 1. The molecular weight excluding hydrogens is 406 g/mol. The first-order chi connectivity index (χ1) is 15.3. The highest BCUT2D eigenvalue weighted by atomic mass is 16.7. The van der Waals surface area contributed by atoms with Crippen LogP contribution in [0, 0.1) is 11.8 Å². The molecule has 0 saturated carbocycles. The third-order valence-electron chi connectivity index (χ3n) is 5.49. The largest absolute Gasteiger partial charge is 0.392 e. The van der Waals surface area contributed by atoms with Crippen molar-refractivity contribution in [3.05, 3.63) is 48.1 Å². The number of allylic oxidation sites excluding steroid dienone is 7. The third-order valence-corrected chi connectivity index (χ3v) is 5.49. The number of rotatable bonds is 14. The summed E-state index contributed by atoms with van der Waals surface area (Å²) in [4.78, 5) is 39.6. The van der Waals surface area contributed by atoms with Gasteiger partial charge in [0.25, 0.3) is 5.91 Å². The fourth-order valence-corrected chi connectivity index (χ4v) is 3.34. The number of hydroxylamine groups is 2. The van der Waals surface area contributed by atoms with E-state index in [1.54, 1.807) is 6.08 Å². The normalized spacial score (nSPS) is 18.4. The van der Waals surface area contributed by atoms with E-state index in [1.165, 1.54) is 23.6 Å². The maximum atomic E-state index is 12.0. The van der Waals surface area contributed by atoms with Gasteiger partial charge in [-0.1, -0.05) is 49.0 Å². The van der Waals surface area contributed by atoms with Crippen molar-refractivity contribution in [1.29, 1.82) is 0 Å². The first kappa shape index (κ1) is 27.7. The van der Waals surface area contributed by atoms with Gasteiger partial charge >= 0.3 is 0 Å². The highest BCUT2D eigenvalue weighted by molar-refractivity contribution is 5.87. The molecule has 0 aromatic heterocycles. The standard InChI is InChI=1S/C26H39NO5/c1-21(13-11-15-25(30)27-18-9-10-19-32-27)12-7-5-4-6-8-14-22(2)26(31)24(20-28)17-16-23(3)29/h4-6,8,11,13,15,20,22,24,26,31H,7,9-10,12,14,16-19H2,1-3H3/b5-4+,8-6+,15-11+,21-13+/t22?,24-,26?/m0/s1. The van der Waals surface area contributed by atoms with Gasteiger partial charge < -0.3 is 14.7 Å². The zero-order chi connectivity index (χ0) is 23.8. The van der Waals surface area contributed by atoms with E-state index in [0.29, 0.717) is 32.4 Å². The molecule has 32 heavy (non-hydrogen) atoms. The molecule has 0 aromatic carbocycles. The summed E-state index contributed by atoms with van der Waals surface area (Å²) in [6.07, 6.45) is 18.4. The van der Waals surface area contributed by atoms with Gasteiger partial charge in [0, 0.05) is 25.0 Å². The Bertz CT molecular complexity index is 701. The predicted octanol–water partition coefficient (Wildman–Crippen LogP) is 4.51. The fraction of sp³-hybridized carbons (Fsp3) is 0.577. The van der Waals surface area contributed by atoms with E-state index in [0.717, 1.165) is 32.0 Å². The fourth-order valence-electron chi connectivity index (χ4n) is 3.34. The molecule has 0 radical (unpaired) electrons. The minimum absolute atomic E-state index is 0.0309. The third kappa shape index (κ3) is 11.9. The van der Waals surface area contributed by atoms with E-state index in [9.17, 15) is 19.5 Å². The Hall–Kier alpha value is -2.31. The topological polar surface area (TPSA) is 83.9 Å². The molecule has 0 spiro atoms. The second-order valence-corrected chi connectivity index (χ2v) is 8.49. The first-order valence-corrected chi connectivity index (χ1v) is 11.6. The van der Waals surface area contributed by atoms with Gasteiger partial charge in [0.1, 0.15) is 12.1 Å². The summed E-state index contributed by atoms with van der Waals surface area (Å²) in [5, 5.41) is 11.8. The first-order valence-electron chi connectivity index (χ1n) is 11.6. The zero-order valence-electron chi connectivity index (χ0n) is 19.7. The van der Waals surface area contributed by atoms with Crippen LogP contribution in [0.15, 0.2) is 48.1 Å². The molecule has 0 aromatic rings. The average molecular weight is 446 g/mol. The smallest absolute Gasteiger partial charge is 0.270 e. The summed E-state index contributed by atoms with van der Waals surface area (Å²) < 4.78 is 0. The molecule has 1 rings (SSSR count). The summed E-state index contributed by atoms with van der Waals surface area (Å²) in [6.45, 7) is 6.70. The average Bonchev–Trinajstić information content (AvgIpc) is 2.78. The number of hydrogen-bond acceptors (Lipinski definition) is 5. The molecule has 1 saturated heterocycles. The molecular formula is C26H39NO5. The van der Waals surface area contributed by atoms with Gasteiger partial charge in [-0.2, -0.15) is 0 Å². The quantitative estimate of drug-likeness (QED) is 0.242. The molecule has 1 amide bonds. The van der Waals surface area contributed by atoms with Crippen LogP contribution in [0.2, 0.25) is 0 Å². The lowest BCUT2D eigenvalue weighted by atomic mass is 9.87. The number of Topliss-reactive ketones (excluding diaryl/α,β-unsaturated/α-hetero) is 1. The van der Waals surface area contributed by atoms with E-state index < -0.39 is 12.0 Å². The van der Waals surface area contributed by atoms with Gasteiger partial charge in [-0.05, 0) is 58.3 Å². The van der Waals surface area contributed by atoms with E-state index in [-0.39, 0.29) is 17.6 Å². The van der Waals surface area contributed by atoms with Crippen LogP contribution in [0.1, 0.15) is 65.7 Å². The number of aldehydes is 1. The van der Waals surface area contributed by atoms with Gasteiger partial charge in [-0.25, -0.2) is 5.06 Å². The number of carbonyl (C=O) groups is 3. The second-order valence-electron chi connectivity index (χ2n) is 8.49. The summed E-state index contributed by atoms with van der Waals surface area (Å²) in [6, 6.07) is 0. The lowest BCUT2D eigenvalue weighted by molar-refractivity contribution is -0.191. The molecule has 6 heteroatoms. The minimum Gasteiger partial charge on any atom is -0.392 e. The van der Waals surface area contributed by atoms with Crippen LogP contribution in [-0.4, -0.2) is 47.4 Å². The summed E-state index contributed by atoms with van der Waals surface area (Å²) >= 11 is 0. The number of aliphatic hydroxyl groups is 1. The maximum Gasteiger partial charge on any atom is 0.270 e. The van der Waals surface area contributed by atoms with Gasteiger partial charge in [0.2, 0.25) is 0 Å². The summed E-state index contributed by atoms with van der Waals surface area (Å²) in [5.74, 6) is -0.638. The number of nitrogens with zero attached hydrogens (tertiary/aromatic N) is 1. The van der Waals surface area contributed by atoms with Crippen LogP contribution in [0.5, 0.6) is 0 Å². The van der Waals surface area contributed by atoms with Gasteiger partial charge in [-0.15, -0.1) is 0 Å². The molecule has 0 aliphatic carbocycles. The van der Waals surface area contributed by atoms with Crippen LogP contribution < -0.4 is 0 Å².